The lowest BCUT2D eigenvalue weighted by molar-refractivity contribution is 0.767. The molecule has 7 heteroatoms. The first-order valence-corrected chi connectivity index (χ1v) is 5.82. The molecule has 0 saturated carbocycles. The predicted octanol–water partition coefficient (Wildman–Crippen LogP) is 1.96. The number of aromatic nitrogens is 5. The van der Waals surface area contributed by atoms with Crippen LogP contribution in [0.2, 0.25) is 5.28 Å². The number of hydrogen-bond donors (Lipinski definition) is 2. The van der Waals surface area contributed by atoms with Crippen molar-refractivity contribution in [3.8, 4) is 0 Å². The summed E-state index contributed by atoms with van der Waals surface area (Å²) in [7, 11) is 1.88. The maximum atomic E-state index is 5.87. The van der Waals surface area contributed by atoms with E-state index in [-0.39, 0.29) is 5.28 Å². The standard InChI is InChI=1S/C11H11ClN6/c1-18-6-7(5-15-18)4-14-10-8-2-3-13-9(8)16-11(12)17-10/h2-3,5-6H,4H2,1H3,(H2,13,14,16,17). The Morgan fingerprint density at radius 2 is 2.33 bits per heavy atom. The molecule has 3 rings (SSSR count). The zero-order valence-electron chi connectivity index (χ0n) is 9.68. The molecule has 0 amide bonds. The van der Waals surface area contributed by atoms with Gasteiger partial charge in [0.15, 0.2) is 0 Å². The van der Waals surface area contributed by atoms with Gasteiger partial charge in [0.25, 0.3) is 0 Å². The minimum absolute atomic E-state index is 0.221. The average molecular weight is 263 g/mol. The van der Waals surface area contributed by atoms with E-state index in [1.54, 1.807) is 4.68 Å². The van der Waals surface area contributed by atoms with Crippen LogP contribution >= 0.6 is 11.6 Å². The molecule has 0 aliphatic carbocycles. The van der Waals surface area contributed by atoms with E-state index in [0.717, 1.165) is 22.4 Å². The number of halogens is 1. The normalized spacial score (nSPS) is 11.0. The largest absolute Gasteiger partial charge is 0.365 e. The number of rotatable bonds is 3. The van der Waals surface area contributed by atoms with Gasteiger partial charge in [0.2, 0.25) is 5.28 Å². The van der Waals surface area contributed by atoms with Crippen molar-refractivity contribution in [2.24, 2.45) is 7.05 Å². The van der Waals surface area contributed by atoms with E-state index in [1.807, 2.05) is 31.7 Å². The number of H-pyrrole nitrogens is 1. The number of aromatic amines is 1. The van der Waals surface area contributed by atoms with Gasteiger partial charge in [-0.15, -0.1) is 0 Å². The van der Waals surface area contributed by atoms with E-state index in [1.165, 1.54) is 0 Å². The third-order valence-corrected chi connectivity index (χ3v) is 2.78. The molecule has 0 spiro atoms. The van der Waals surface area contributed by atoms with Crippen molar-refractivity contribution < 1.29 is 0 Å². The quantitative estimate of drug-likeness (QED) is 0.708. The third kappa shape index (κ3) is 2.02. The van der Waals surface area contributed by atoms with Crippen LogP contribution in [0.1, 0.15) is 5.56 Å². The molecule has 6 nitrogen and oxygen atoms in total. The highest BCUT2D eigenvalue weighted by Gasteiger charge is 2.07. The number of nitrogens with zero attached hydrogens (tertiary/aromatic N) is 4. The Balaban J connectivity index is 1.87. The lowest BCUT2D eigenvalue weighted by Gasteiger charge is -2.05. The highest BCUT2D eigenvalue weighted by atomic mass is 35.5. The summed E-state index contributed by atoms with van der Waals surface area (Å²) in [4.78, 5) is 11.3. The summed E-state index contributed by atoms with van der Waals surface area (Å²) in [6.07, 6.45) is 5.57. The number of nitrogens with one attached hydrogen (secondary N) is 2. The highest BCUT2D eigenvalue weighted by Crippen LogP contribution is 2.21. The summed E-state index contributed by atoms with van der Waals surface area (Å²) in [5, 5.41) is 8.49. The van der Waals surface area contributed by atoms with Crippen molar-refractivity contribution in [3.63, 3.8) is 0 Å². The summed E-state index contributed by atoms with van der Waals surface area (Å²) in [5.74, 6) is 0.718. The van der Waals surface area contributed by atoms with Gasteiger partial charge in [-0.1, -0.05) is 0 Å². The van der Waals surface area contributed by atoms with Crippen LogP contribution in [0.4, 0.5) is 5.82 Å². The molecule has 0 fully saturated rings. The van der Waals surface area contributed by atoms with E-state index in [9.17, 15) is 0 Å². The number of fused-ring (bicyclic) bond motifs is 1. The molecule has 18 heavy (non-hydrogen) atoms. The Kier molecular flexibility index (Phi) is 2.64. The van der Waals surface area contributed by atoms with Gasteiger partial charge >= 0.3 is 0 Å². The molecule has 0 saturated heterocycles. The Morgan fingerprint density at radius 1 is 1.44 bits per heavy atom. The molecule has 0 unspecified atom stereocenters. The van der Waals surface area contributed by atoms with Gasteiger partial charge in [0, 0.05) is 31.5 Å². The summed E-state index contributed by atoms with van der Waals surface area (Å²) in [6, 6.07) is 1.91. The topological polar surface area (TPSA) is 71.4 Å². The third-order valence-electron chi connectivity index (χ3n) is 2.61. The van der Waals surface area contributed by atoms with Crippen LogP contribution in [0.5, 0.6) is 0 Å². The fourth-order valence-electron chi connectivity index (χ4n) is 1.80. The van der Waals surface area contributed by atoms with Crippen LogP contribution < -0.4 is 5.32 Å². The van der Waals surface area contributed by atoms with Gasteiger partial charge in [-0.05, 0) is 17.7 Å². The summed E-state index contributed by atoms with van der Waals surface area (Å²) >= 11 is 5.87. The van der Waals surface area contributed by atoms with Crippen LogP contribution in [0.15, 0.2) is 24.7 Å². The second kappa shape index (κ2) is 4.30. The molecule has 2 N–H and O–H groups in total. The molecule has 0 atom stereocenters. The van der Waals surface area contributed by atoms with E-state index in [2.05, 4.69) is 25.4 Å². The fourth-order valence-corrected chi connectivity index (χ4v) is 1.97. The van der Waals surface area contributed by atoms with Gasteiger partial charge < -0.3 is 10.3 Å². The zero-order valence-corrected chi connectivity index (χ0v) is 10.4. The van der Waals surface area contributed by atoms with E-state index in [0.29, 0.717) is 6.54 Å². The summed E-state index contributed by atoms with van der Waals surface area (Å²) in [6.45, 7) is 0.640. The zero-order chi connectivity index (χ0) is 12.5. The van der Waals surface area contributed by atoms with E-state index < -0.39 is 0 Å². The SMILES string of the molecule is Cn1cc(CNc2nc(Cl)nc3[nH]ccc23)cn1. The number of hydrogen-bond acceptors (Lipinski definition) is 4. The van der Waals surface area contributed by atoms with Crippen LogP contribution in [0.25, 0.3) is 11.0 Å². The minimum Gasteiger partial charge on any atom is -0.365 e. The predicted molar refractivity (Wildman–Crippen MR) is 69.4 cm³/mol. The first-order valence-electron chi connectivity index (χ1n) is 5.44. The van der Waals surface area contributed by atoms with Crippen LogP contribution in [0.3, 0.4) is 0 Å². The first kappa shape index (κ1) is 11.0. The second-order valence-electron chi connectivity index (χ2n) is 3.96. The lowest BCUT2D eigenvalue weighted by atomic mass is 10.3. The Hall–Kier alpha value is -2.08. The Bertz CT molecular complexity index is 686. The van der Waals surface area contributed by atoms with Crippen molar-refractivity contribution in [1.29, 1.82) is 0 Å². The first-order chi connectivity index (χ1) is 8.72. The van der Waals surface area contributed by atoms with Gasteiger partial charge in [0.1, 0.15) is 11.5 Å². The molecule has 0 radical (unpaired) electrons. The van der Waals surface area contributed by atoms with E-state index >= 15 is 0 Å². The highest BCUT2D eigenvalue weighted by molar-refractivity contribution is 6.28. The molecule has 3 heterocycles. The maximum Gasteiger partial charge on any atom is 0.226 e. The summed E-state index contributed by atoms with van der Waals surface area (Å²) < 4.78 is 1.76. The average Bonchev–Trinajstić information content (AvgIpc) is 2.94. The van der Waals surface area contributed by atoms with Crippen LogP contribution in [0, 0.1) is 0 Å². The van der Waals surface area contributed by atoms with Gasteiger partial charge in [-0.25, -0.2) is 4.98 Å². The molecule has 92 valence electrons. The Morgan fingerprint density at radius 3 is 3.11 bits per heavy atom. The van der Waals surface area contributed by atoms with Crippen molar-refractivity contribution in [2.45, 2.75) is 6.54 Å². The second-order valence-corrected chi connectivity index (χ2v) is 4.30. The van der Waals surface area contributed by atoms with Crippen molar-refractivity contribution in [2.75, 3.05) is 5.32 Å². The smallest absolute Gasteiger partial charge is 0.226 e. The number of aryl methyl sites for hydroxylation is 1. The molecule has 0 aromatic carbocycles. The molecular weight excluding hydrogens is 252 g/mol. The van der Waals surface area contributed by atoms with Crippen LogP contribution in [-0.4, -0.2) is 24.7 Å². The van der Waals surface area contributed by atoms with Crippen LogP contribution in [-0.2, 0) is 13.6 Å². The lowest BCUT2D eigenvalue weighted by Crippen LogP contribution is -2.02. The molecule has 0 aliphatic rings. The molecule has 0 bridgehead atoms. The van der Waals surface area contributed by atoms with Crippen molar-refractivity contribution >= 4 is 28.5 Å². The summed E-state index contributed by atoms with van der Waals surface area (Å²) in [5.41, 5.74) is 1.81. The van der Waals surface area contributed by atoms with Crippen molar-refractivity contribution in [3.05, 3.63) is 35.5 Å². The molecular formula is C11H11ClN6. The monoisotopic (exact) mass is 262 g/mol. The maximum absolute atomic E-state index is 5.87. The molecule has 3 aromatic heterocycles. The number of anilines is 1. The van der Waals surface area contributed by atoms with Gasteiger partial charge in [0.05, 0.1) is 11.6 Å². The molecule has 0 aliphatic heterocycles. The fraction of sp³-hybridized carbons (Fsp3) is 0.182. The van der Waals surface area contributed by atoms with Crippen molar-refractivity contribution in [1.82, 2.24) is 24.7 Å². The Labute approximate surface area is 108 Å². The molecule has 3 aromatic rings. The van der Waals surface area contributed by atoms with Gasteiger partial charge in [-0.3, -0.25) is 4.68 Å². The van der Waals surface area contributed by atoms with Gasteiger partial charge in [-0.2, -0.15) is 10.1 Å². The van der Waals surface area contributed by atoms with E-state index in [4.69, 9.17) is 11.6 Å². The minimum atomic E-state index is 0.221.